The minimum absolute atomic E-state index is 0.0227. The van der Waals surface area contributed by atoms with Crippen LogP contribution in [0.3, 0.4) is 0 Å². The topological polar surface area (TPSA) is 123 Å². The van der Waals surface area contributed by atoms with Gasteiger partial charge in [-0.15, -0.1) is 10.2 Å². The van der Waals surface area contributed by atoms with Crippen LogP contribution in [0.1, 0.15) is 26.1 Å². The Labute approximate surface area is 166 Å². The van der Waals surface area contributed by atoms with E-state index in [1.165, 1.54) is 16.7 Å². The van der Waals surface area contributed by atoms with Gasteiger partial charge in [0, 0.05) is 19.4 Å². The van der Waals surface area contributed by atoms with Crippen molar-refractivity contribution in [3.05, 3.63) is 30.1 Å². The SMILES string of the molecule is CCn1c(CCC(N)=O)nnc1S[C@H](C)C(=O)N1CC(=O)Nc2ccccc21. The summed E-state index contributed by atoms with van der Waals surface area (Å²) >= 11 is 1.28. The highest BCUT2D eigenvalue weighted by Gasteiger charge is 2.31. The standard InChI is InChI=1S/C18H22N6O3S/c1-3-23-15(9-8-14(19)25)21-22-18(23)28-11(2)17(27)24-10-16(26)20-12-6-4-5-7-13(12)24/h4-7,11H,3,8-10H2,1-2H3,(H2,19,25)(H,20,26)/t11-/m1/s1. The van der Waals surface area contributed by atoms with Crippen molar-refractivity contribution in [2.45, 2.75) is 43.6 Å². The molecule has 148 valence electrons. The van der Waals surface area contributed by atoms with E-state index in [1.807, 2.05) is 23.6 Å². The van der Waals surface area contributed by atoms with E-state index in [9.17, 15) is 14.4 Å². The minimum Gasteiger partial charge on any atom is -0.370 e. The van der Waals surface area contributed by atoms with E-state index in [1.54, 1.807) is 19.1 Å². The van der Waals surface area contributed by atoms with Crippen molar-refractivity contribution >= 4 is 40.9 Å². The maximum absolute atomic E-state index is 13.0. The van der Waals surface area contributed by atoms with Gasteiger partial charge in [-0.05, 0) is 26.0 Å². The number of primary amides is 1. The summed E-state index contributed by atoms with van der Waals surface area (Å²) in [5.74, 6) is -0.150. The van der Waals surface area contributed by atoms with Crippen molar-refractivity contribution < 1.29 is 14.4 Å². The molecular weight excluding hydrogens is 380 g/mol. The molecule has 1 atom stereocenters. The van der Waals surface area contributed by atoms with E-state index in [0.717, 1.165) is 0 Å². The van der Waals surface area contributed by atoms with E-state index < -0.39 is 11.2 Å². The van der Waals surface area contributed by atoms with Gasteiger partial charge in [0.15, 0.2) is 5.16 Å². The highest BCUT2D eigenvalue weighted by Crippen LogP contribution is 2.32. The number of hydrogen-bond acceptors (Lipinski definition) is 6. The van der Waals surface area contributed by atoms with Gasteiger partial charge in [0.2, 0.25) is 17.7 Å². The van der Waals surface area contributed by atoms with Gasteiger partial charge in [0.05, 0.1) is 16.6 Å². The maximum atomic E-state index is 13.0. The number of anilines is 2. The number of para-hydroxylation sites is 2. The third kappa shape index (κ3) is 4.16. The lowest BCUT2D eigenvalue weighted by Crippen LogP contribution is -2.45. The molecule has 0 saturated heterocycles. The molecule has 3 amide bonds. The number of fused-ring (bicyclic) bond motifs is 1. The zero-order valence-corrected chi connectivity index (χ0v) is 16.5. The summed E-state index contributed by atoms with van der Waals surface area (Å²) in [6.45, 7) is 4.31. The molecule has 9 nitrogen and oxygen atoms in total. The van der Waals surface area contributed by atoms with E-state index >= 15 is 0 Å². The van der Waals surface area contributed by atoms with Crippen LogP contribution in [0, 0.1) is 0 Å². The molecule has 1 aliphatic heterocycles. The van der Waals surface area contributed by atoms with Crippen molar-refractivity contribution in [1.82, 2.24) is 14.8 Å². The van der Waals surface area contributed by atoms with E-state index in [4.69, 9.17) is 5.73 Å². The number of nitrogens with zero attached hydrogens (tertiary/aromatic N) is 4. The predicted molar refractivity (Wildman–Crippen MR) is 106 cm³/mol. The van der Waals surface area contributed by atoms with Crippen LogP contribution in [0.4, 0.5) is 11.4 Å². The summed E-state index contributed by atoms with van der Waals surface area (Å²) in [6, 6.07) is 7.21. The highest BCUT2D eigenvalue weighted by molar-refractivity contribution is 8.00. The molecule has 10 heteroatoms. The number of aromatic nitrogens is 3. The Bertz CT molecular complexity index is 912. The van der Waals surface area contributed by atoms with Crippen molar-refractivity contribution in [2.75, 3.05) is 16.8 Å². The molecular formula is C18H22N6O3S. The third-order valence-corrected chi connectivity index (χ3v) is 5.44. The van der Waals surface area contributed by atoms with Gasteiger partial charge >= 0.3 is 0 Å². The Kier molecular flexibility index (Phi) is 5.98. The molecule has 2 aromatic rings. The Hall–Kier alpha value is -2.88. The number of hydrogen-bond donors (Lipinski definition) is 2. The first-order valence-corrected chi connectivity index (χ1v) is 9.86. The molecule has 0 radical (unpaired) electrons. The van der Waals surface area contributed by atoms with Gasteiger partial charge in [-0.1, -0.05) is 23.9 Å². The molecule has 0 spiro atoms. The second-order valence-corrected chi connectivity index (χ2v) is 7.67. The van der Waals surface area contributed by atoms with Crippen LogP contribution in [-0.2, 0) is 27.3 Å². The predicted octanol–water partition coefficient (Wildman–Crippen LogP) is 1.18. The zero-order chi connectivity index (χ0) is 20.3. The Balaban J connectivity index is 1.76. The Morgan fingerprint density at radius 3 is 2.79 bits per heavy atom. The average molecular weight is 402 g/mol. The first kappa shape index (κ1) is 19.9. The fourth-order valence-corrected chi connectivity index (χ4v) is 4.00. The number of thioether (sulfide) groups is 1. The zero-order valence-electron chi connectivity index (χ0n) is 15.7. The summed E-state index contributed by atoms with van der Waals surface area (Å²) in [5, 5.41) is 11.2. The summed E-state index contributed by atoms with van der Waals surface area (Å²) in [7, 11) is 0. The number of benzene rings is 1. The molecule has 2 heterocycles. The molecule has 1 aromatic carbocycles. The average Bonchev–Trinajstić information content (AvgIpc) is 3.06. The first-order chi connectivity index (χ1) is 13.4. The van der Waals surface area contributed by atoms with Gasteiger partial charge in [-0.25, -0.2) is 0 Å². The monoisotopic (exact) mass is 402 g/mol. The molecule has 0 unspecified atom stereocenters. The third-order valence-electron chi connectivity index (χ3n) is 4.37. The quantitative estimate of drug-likeness (QED) is 0.671. The van der Waals surface area contributed by atoms with Crippen LogP contribution in [0.25, 0.3) is 0 Å². The number of carbonyl (C=O) groups is 3. The van der Waals surface area contributed by atoms with Gasteiger partial charge in [0.25, 0.3) is 0 Å². The van der Waals surface area contributed by atoms with Crippen LogP contribution in [0.2, 0.25) is 0 Å². The first-order valence-electron chi connectivity index (χ1n) is 8.98. The van der Waals surface area contributed by atoms with Crippen molar-refractivity contribution in [3.63, 3.8) is 0 Å². The number of nitrogens with two attached hydrogens (primary N) is 1. The lowest BCUT2D eigenvalue weighted by Gasteiger charge is -2.30. The number of nitrogens with one attached hydrogen (secondary N) is 1. The highest BCUT2D eigenvalue weighted by atomic mass is 32.2. The van der Waals surface area contributed by atoms with E-state index in [-0.39, 0.29) is 24.8 Å². The molecule has 28 heavy (non-hydrogen) atoms. The molecule has 3 rings (SSSR count). The normalized spacial score (nSPS) is 14.4. The second kappa shape index (κ2) is 8.42. The second-order valence-electron chi connectivity index (χ2n) is 6.36. The van der Waals surface area contributed by atoms with Gasteiger partial charge in [-0.3, -0.25) is 19.3 Å². The van der Waals surface area contributed by atoms with Crippen LogP contribution in [0.15, 0.2) is 29.4 Å². The minimum atomic E-state index is -0.475. The van der Waals surface area contributed by atoms with Crippen LogP contribution in [-0.4, -0.2) is 44.3 Å². The summed E-state index contributed by atoms with van der Waals surface area (Å²) in [4.78, 5) is 37.5. The molecule has 0 aliphatic carbocycles. The Morgan fingerprint density at radius 1 is 1.32 bits per heavy atom. The van der Waals surface area contributed by atoms with E-state index in [2.05, 4.69) is 15.5 Å². The van der Waals surface area contributed by atoms with Crippen LogP contribution in [0.5, 0.6) is 0 Å². The largest absolute Gasteiger partial charge is 0.370 e. The summed E-state index contributed by atoms with van der Waals surface area (Å²) in [6.07, 6.45) is 0.593. The Morgan fingerprint density at radius 2 is 2.07 bits per heavy atom. The molecule has 0 fully saturated rings. The lowest BCUT2D eigenvalue weighted by atomic mass is 10.2. The van der Waals surface area contributed by atoms with Gasteiger partial charge in [-0.2, -0.15) is 0 Å². The fraction of sp³-hybridized carbons (Fsp3) is 0.389. The molecule has 1 aromatic heterocycles. The molecule has 0 saturated carbocycles. The number of amides is 3. The van der Waals surface area contributed by atoms with Gasteiger partial charge < -0.3 is 15.6 Å². The molecule has 0 bridgehead atoms. The number of carbonyl (C=O) groups excluding carboxylic acids is 3. The van der Waals surface area contributed by atoms with Crippen LogP contribution >= 0.6 is 11.8 Å². The summed E-state index contributed by atoms with van der Waals surface area (Å²) < 4.78 is 1.87. The van der Waals surface area contributed by atoms with E-state index in [0.29, 0.717) is 35.3 Å². The summed E-state index contributed by atoms with van der Waals surface area (Å²) in [5.41, 5.74) is 6.51. The maximum Gasteiger partial charge on any atom is 0.244 e. The van der Waals surface area contributed by atoms with Crippen molar-refractivity contribution in [2.24, 2.45) is 5.73 Å². The van der Waals surface area contributed by atoms with Crippen LogP contribution < -0.4 is 16.0 Å². The smallest absolute Gasteiger partial charge is 0.244 e. The fourth-order valence-electron chi connectivity index (χ4n) is 3.00. The van der Waals surface area contributed by atoms with Gasteiger partial charge in [0.1, 0.15) is 12.4 Å². The number of aryl methyl sites for hydroxylation is 1. The molecule has 1 aliphatic rings. The lowest BCUT2D eigenvalue weighted by molar-refractivity contribution is -0.121. The van der Waals surface area contributed by atoms with Crippen molar-refractivity contribution in [3.8, 4) is 0 Å². The molecule has 3 N–H and O–H groups in total. The van der Waals surface area contributed by atoms with Crippen molar-refractivity contribution in [1.29, 1.82) is 0 Å². The number of rotatable bonds is 7.